The van der Waals surface area contributed by atoms with Gasteiger partial charge in [-0.1, -0.05) is 36.9 Å². The van der Waals surface area contributed by atoms with Crippen molar-refractivity contribution in [2.24, 2.45) is 5.73 Å². The van der Waals surface area contributed by atoms with Crippen molar-refractivity contribution >= 4 is 34.0 Å². The molecule has 0 aliphatic carbocycles. The summed E-state index contributed by atoms with van der Waals surface area (Å²) in [5.41, 5.74) is 12.1. The maximum Gasteiger partial charge on any atom is 0.270 e. The van der Waals surface area contributed by atoms with Gasteiger partial charge in [0.15, 0.2) is 0 Å². The van der Waals surface area contributed by atoms with Crippen LogP contribution in [0.1, 0.15) is 27.3 Å². The van der Waals surface area contributed by atoms with Gasteiger partial charge in [-0.2, -0.15) is 0 Å². The van der Waals surface area contributed by atoms with Crippen LogP contribution in [0.15, 0.2) is 55.1 Å². The minimum absolute atomic E-state index is 0.0485. The highest BCUT2D eigenvalue weighted by Crippen LogP contribution is 2.35. The van der Waals surface area contributed by atoms with E-state index in [2.05, 4.69) is 65.0 Å². The Morgan fingerprint density at radius 3 is 2.55 bits per heavy atom. The number of piperazine rings is 1. The average molecular weight is 541 g/mol. The molecule has 0 saturated carbocycles. The average Bonchev–Trinajstić information content (AvgIpc) is 3.39. The molecule has 3 aliphatic heterocycles. The quantitative estimate of drug-likeness (QED) is 0.479. The minimum atomic E-state index is -0.242. The second-order valence-electron chi connectivity index (χ2n) is 10.9. The van der Waals surface area contributed by atoms with Gasteiger partial charge in [0.2, 0.25) is 5.91 Å². The van der Waals surface area contributed by atoms with Crippen molar-refractivity contribution in [1.82, 2.24) is 15.2 Å². The molecule has 2 saturated heterocycles. The number of nitrogens with zero attached hydrogens (tertiary/aromatic N) is 4. The Labute approximate surface area is 234 Å². The number of nitrogens with one attached hydrogen (secondary N) is 1. The molecule has 3 N–H and O–H groups in total. The van der Waals surface area contributed by atoms with Gasteiger partial charge in [0.25, 0.3) is 5.91 Å². The molecule has 3 aromatic rings. The Bertz CT molecular complexity index is 1460. The number of hydrogen-bond acceptors (Lipinski definition) is 7. The Hall–Kier alpha value is -3.95. The zero-order chi connectivity index (χ0) is 27.8. The summed E-state index contributed by atoms with van der Waals surface area (Å²) in [6, 6.07) is 14.3. The van der Waals surface area contributed by atoms with Gasteiger partial charge in [0.1, 0.15) is 5.69 Å². The lowest BCUT2D eigenvalue weighted by Gasteiger charge is -2.39. The van der Waals surface area contributed by atoms with Crippen molar-refractivity contribution in [3.05, 3.63) is 77.6 Å². The Morgan fingerprint density at radius 2 is 1.82 bits per heavy atom. The van der Waals surface area contributed by atoms with E-state index in [0.29, 0.717) is 51.6 Å². The van der Waals surface area contributed by atoms with E-state index in [1.54, 1.807) is 0 Å². The van der Waals surface area contributed by atoms with Gasteiger partial charge in [-0.05, 0) is 42.5 Å². The number of hydrogen-bond donors (Lipinski definition) is 2. The molecule has 0 unspecified atom stereocenters. The highest BCUT2D eigenvalue weighted by molar-refractivity contribution is 5.97. The number of carbonyl (C=O) groups excluding carboxylic acids is 2. The molecule has 2 fully saturated rings. The van der Waals surface area contributed by atoms with Crippen LogP contribution in [0.3, 0.4) is 0 Å². The van der Waals surface area contributed by atoms with Crippen LogP contribution in [-0.2, 0) is 22.5 Å². The molecule has 2 aromatic carbocycles. The van der Waals surface area contributed by atoms with Crippen molar-refractivity contribution in [3.8, 4) is 0 Å². The van der Waals surface area contributed by atoms with Gasteiger partial charge in [-0.3, -0.25) is 9.59 Å². The van der Waals surface area contributed by atoms with E-state index in [-0.39, 0.29) is 23.9 Å². The fourth-order valence-corrected chi connectivity index (χ4v) is 6.15. The number of anilines is 2. The molecule has 40 heavy (non-hydrogen) atoms. The second-order valence-corrected chi connectivity index (χ2v) is 10.9. The van der Waals surface area contributed by atoms with Crippen molar-refractivity contribution < 1.29 is 14.3 Å². The van der Waals surface area contributed by atoms with E-state index < -0.39 is 0 Å². The number of aryl methyl sites for hydroxylation is 1. The number of pyridine rings is 1. The van der Waals surface area contributed by atoms with Crippen molar-refractivity contribution in [1.29, 1.82) is 0 Å². The summed E-state index contributed by atoms with van der Waals surface area (Å²) in [6.45, 7) is 10.7. The normalized spacial score (nSPS) is 20.9. The van der Waals surface area contributed by atoms with Gasteiger partial charge in [0, 0.05) is 55.0 Å². The van der Waals surface area contributed by atoms with Gasteiger partial charge in [-0.15, -0.1) is 0 Å². The summed E-state index contributed by atoms with van der Waals surface area (Å²) in [4.78, 5) is 37.0. The van der Waals surface area contributed by atoms with E-state index in [1.165, 1.54) is 33.7 Å². The molecule has 0 spiro atoms. The van der Waals surface area contributed by atoms with E-state index >= 15 is 0 Å². The van der Waals surface area contributed by atoms with E-state index in [1.807, 2.05) is 11.0 Å². The van der Waals surface area contributed by atoms with Crippen LogP contribution in [0, 0.1) is 6.92 Å². The Morgan fingerprint density at radius 1 is 1.05 bits per heavy atom. The van der Waals surface area contributed by atoms with Crippen LogP contribution in [0.25, 0.3) is 10.8 Å². The molecule has 0 bridgehead atoms. The molecular weight excluding hydrogens is 504 g/mol. The predicted molar refractivity (Wildman–Crippen MR) is 157 cm³/mol. The maximum absolute atomic E-state index is 13.4. The highest BCUT2D eigenvalue weighted by atomic mass is 16.5. The monoisotopic (exact) mass is 540 g/mol. The first-order valence-corrected chi connectivity index (χ1v) is 14.0. The van der Waals surface area contributed by atoms with Crippen LogP contribution in [0.2, 0.25) is 0 Å². The summed E-state index contributed by atoms with van der Waals surface area (Å²) < 4.78 is 5.45. The smallest absolute Gasteiger partial charge is 0.270 e. The van der Waals surface area contributed by atoms with E-state index in [9.17, 15) is 9.59 Å². The maximum atomic E-state index is 13.4. The third-order valence-electron chi connectivity index (χ3n) is 8.37. The predicted octanol–water partition coefficient (Wildman–Crippen LogP) is 2.40. The number of fused-ring (bicyclic) bond motifs is 2. The first-order chi connectivity index (χ1) is 19.4. The molecule has 2 amide bonds. The third-order valence-corrected chi connectivity index (χ3v) is 8.37. The molecule has 9 nitrogen and oxygen atoms in total. The third kappa shape index (κ3) is 4.91. The zero-order valence-electron chi connectivity index (χ0n) is 22.9. The number of rotatable bonds is 5. The molecule has 1 aromatic heterocycles. The van der Waals surface area contributed by atoms with Gasteiger partial charge >= 0.3 is 0 Å². The molecule has 3 aliphatic rings. The lowest BCUT2D eigenvalue weighted by atomic mass is 9.97. The van der Waals surface area contributed by atoms with E-state index in [0.717, 1.165) is 24.3 Å². The summed E-state index contributed by atoms with van der Waals surface area (Å²) in [5, 5.41) is 5.50. The molecule has 0 radical (unpaired) electrons. The molecule has 9 heteroatoms. The first-order valence-electron chi connectivity index (χ1n) is 14.0. The lowest BCUT2D eigenvalue weighted by Crippen LogP contribution is -2.49. The summed E-state index contributed by atoms with van der Waals surface area (Å²) in [5.74, 6) is -0.291. The van der Waals surface area contributed by atoms with Crippen molar-refractivity contribution in [2.45, 2.75) is 32.0 Å². The first kappa shape index (κ1) is 26.3. The van der Waals surface area contributed by atoms with Crippen LogP contribution in [0.5, 0.6) is 0 Å². The lowest BCUT2D eigenvalue weighted by molar-refractivity contribution is -0.126. The fourth-order valence-electron chi connectivity index (χ4n) is 6.15. The van der Waals surface area contributed by atoms with Gasteiger partial charge in [-0.25, -0.2) is 4.98 Å². The summed E-state index contributed by atoms with van der Waals surface area (Å²) in [7, 11) is 0. The zero-order valence-corrected chi connectivity index (χ0v) is 22.9. The molecule has 208 valence electrons. The largest absolute Gasteiger partial charge is 0.378 e. The molecule has 6 rings (SSSR count). The van der Waals surface area contributed by atoms with Crippen LogP contribution in [0.4, 0.5) is 11.4 Å². The molecular formula is C31H36N6O3. The number of nitrogens with two attached hydrogens (primary N) is 1. The number of ether oxygens (including phenoxy) is 1. The highest BCUT2D eigenvalue weighted by Gasteiger charge is 2.31. The van der Waals surface area contributed by atoms with Crippen molar-refractivity contribution in [2.75, 3.05) is 55.7 Å². The number of amides is 2. The second kappa shape index (κ2) is 10.9. The van der Waals surface area contributed by atoms with Crippen LogP contribution < -0.4 is 20.9 Å². The fraction of sp³-hybridized carbons (Fsp3) is 0.387. The molecule has 2 atom stereocenters. The van der Waals surface area contributed by atoms with Gasteiger partial charge in [0.05, 0.1) is 37.5 Å². The summed E-state index contributed by atoms with van der Waals surface area (Å²) >= 11 is 0. The Balaban J connectivity index is 1.34. The SMILES string of the molecule is C=CC(=O)N1CCN(c2cc(C(=O)N[C@H]3COC[C@H]3N)nc3c2CCN(c2cccc4cccc(C)c24)C3)CC1. The minimum Gasteiger partial charge on any atom is -0.378 e. The number of aromatic nitrogens is 1. The van der Waals surface area contributed by atoms with Gasteiger partial charge < -0.3 is 30.5 Å². The topological polar surface area (TPSA) is 104 Å². The molecule has 4 heterocycles. The standard InChI is InChI=1S/C31H36N6O3/c1-3-29(38)36-14-12-35(13-15-36)28-16-24(31(39)34-26-19-40-18-23(26)32)33-25-17-37(11-10-22(25)28)27-9-5-8-21-7-4-6-20(2)30(21)27/h3-9,16,23,26H,1,10-15,17-19,32H2,2H3,(H,34,39)/t23-,26+/m1/s1. The van der Waals surface area contributed by atoms with Crippen LogP contribution >= 0.6 is 0 Å². The van der Waals surface area contributed by atoms with Crippen LogP contribution in [-0.4, -0.2) is 79.7 Å². The van der Waals surface area contributed by atoms with E-state index in [4.69, 9.17) is 15.5 Å². The number of carbonyl (C=O) groups is 2. The Kier molecular flexibility index (Phi) is 7.16. The summed E-state index contributed by atoms with van der Waals surface area (Å²) in [6.07, 6.45) is 2.18. The number of benzene rings is 2. The van der Waals surface area contributed by atoms with Crippen molar-refractivity contribution in [3.63, 3.8) is 0 Å².